The van der Waals surface area contributed by atoms with E-state index in [4.69, 9.17) is 9.47 Å². The summed E-state index contributed by atoms with van der Waals surface area (Å²) in [7, 11) is 3.06. The summed E-state index contributed by atoms with van der Waals surface area (Å²) in [5.74, 6) is 0.0336. The molecule has 3 rings (SSSR count). The van der Waals surface area contributed by atoms with Gasteiger partial charge >= 0.3 is 0 Å². The Morgan fingerprint density at radius 2 is 1.86 bits per heavy atom. The van der Waals surface area contributed by atoms with Gasteiger partial charge in [0.1, 0.15) is 11.5 Å². The van der Waals surface area contributed by atoms with Gasteiger partial charge in [-0.25, -0.2) is 0 Å². The van der Waals surface area contributed by atoms with Gasteiger partial charge in [0.15, 0.2) is 0 Å². The van der Waals surface area contributed by atoms with Gasteiger partial charge in [-0.2, -0.15) is 0 Å². The number of aliphatic hydroxyl groups is 1. The van der Waals surface area contributed by atoms with Crippen molar-refractivity contribution in [3.63, 3.8) is 0 Å². The number of hydrogen-bond donors (Lipinski definition) is 1. The van der Waals surface area contributed by atoms with Crippen LogP contribution in [0.3, 0.4) is 0 Å². The second-order valence-corrected chi connectivity index (χ2v) is 8.16. The predicted octanol–water partition coefficient (Wildman–Crippen LogP) is 4.48. The van der Waals surface area contributed by atoms with Crippen molar-refractivity contribution in [1.82, 2.24) is 0 Å². The number of Topliss-reactive ketones (excluding diaryl/α,β-unsaturated/α-hetero) is 2. The molecule has 2 aromatic rings. The van der Waals surface area contributed by atoms with Crippen molar-refractivity contribution in [2.24, 2.45) is 0 Å². The van der Waals surface area contributed by atoms with Gasteiger partial charge in [-0.3, -0.25) is 9.59 Å². The third-order valence-corrected chi connectivity index (χ3v) is 6.19. The van der Waals surface area contributed by atoms with Crippen molar-refractivity contribution in [1.29, 1.82) is 0 Å². The van der Waals surface area contributed by atoms with E-state index in [0.29, 0.717) is 27.1 Å². The second kappa shape index (κ2) is 9.55. The topological polar surface area (TPSA) is 72.8 Å². The van der Waals surface area contributed by atoms with Crippen LogP contribution >= 0.6 is 15.9 Å². The quantitative estimate of drug-likeness (QED) is 0.486. The molecule has 1 aliphatic rings. The van der Waals surface area contributed by atoms with E-state index in [2.05, 4.69) is 15.9 Å². The molecular weight excluding hydrogens is 436 g/mol. The molecule has 0 bridgehead atoms. The Labute approximate surface area is 179 Å². The van der Waals surface area contributed by atoms with Gasteiger partial charge in [0.05, 0.1) is 20.3 Å². The van der Waals surface area contributed by atoms with Crippen molar-refractivity contribution >= 4 is 27.5 Å². The fourth-order valence-corrected chi connectivity index (χ4v) is 4.43. The fourth-order valence-electron chi connectivity index (χ4n) is 3.87. The summed E-state index contributed by atoms with van der Waals surface area (Å²) in [6.45, 7) is 0. The smallest absolute Gasteiger partial charge is 0.228 e. The molecule has 0 amide bonds. The Balaban J connectivity index is 1.81. The Kier molecular flexibility index (Phi) is 7.09. The summed E-state index contributed by atoms with van der Waals surface area (Å²) in [5.41, 5.74) is 1.87. The number of rotatable bonds is 7. The van der Waals surface area contributed by atoms with E-state index < -0.39 is 17.7 Å². The number of ether oxygens (including phenoxy) is 2. The summed E-state index contributed by atoms with van der Waals surface area (Å²) >= 11 is 3.43. The summed E-state index contributed by atoms with van der Waals surface area (Å²) in [5, 5.41) is 10.3. The second-order valence-electron chi connectivity index (χ2n) is 7.30. The molecule has 2 atom stereocenters. The molecule has 2 aromatic carbocycles. The standard InChI is InChI=1S/C23H25BrO5/c1-28-16-11-19(24)18(22(12-16)29-2)13-21(26)23(27)15-7-5-6-14(10-15)17-8-3-4-9-20(17)25/h5-7,10-12,17,20,25H,3-4,8-9,13H2,1-2H3/t17-,20+/m0/s1. The first-order valence-corrected chi connectivity index (χ1v) is 10.5. The summed E-state index contributed by atoms with van der Waals surface area (Å²) in [6, 6.07) is 10.5. The number of methoxy groups -OCH3 is 2. The minimum Gasteiger partial charge on any atom is -0.497 e. The molecule has 0 spiro atoms. The Morgan fingerprint density at radius 3 is 2.55 bits per heavy atom. The number of halogens is 1. The third kappa shape index (κ3) is 4.87. The van der Waals surface area contributed by atoms with Crippen LogP contribution in [0.4, 0.5) is 0 Å². The number of aliphatic hydroxyl groups excluding tert-OH is 1. The highest BCUT2D eigenvalue weighted by molar-refractivity contribution is 9.10. The first-order valence-electron chi connectivity index (χ1n) is 9.70. The van der Waals surface area contributed by atoms with Crippen LogP contribution in [0.15, 0.2) is 40.9 Å². The summed E-state index contributed by atoms with van der Waals surface area (Å²) in [6.07, 6.45) is 3.26. The lowest BCUT2D eigenvalue weighted by Gasteiger charge is -2.28. The average Bonchev–Trinajstić information content (AvgIpc) is 2.74. The molecule has 1 fully saturated rings. The van der Waals surface area contributed by atoms with Gasteiger partial charge in [0, 0.05) is 34.0 Å². The predicted molar refractivity (Wildman–Crippen MR) is 114 cm³/mol. The highest BCUT2D eigenvalue weighted by Crippen LogP contribution is 2.34. The van der Waals surface area contributed by atoms with E-state index in [1.807, 2.05) is 6.07 Å². The van der Waals surface area contributed by atoms with Gasteiger partial charge in [0.25, 0.3) is 0 Å². The van der Waals surface area contributed by atoms with Crippen LogP contribution in [-0.4, -0.2) is 37.0 Å². The zero-order valence-corrected chi connectivity index (χ0v) is 18.2. The first-order chi connectivity index (χ1) is 13.9. The van der Waals surface area contributed by atoms with Crippen molar-refractivity contribution in [3.05, 3.63) is 57.6 Å². The number of benzene rings is 2. The molecule has 0 unspecified atom stereocenters. The van der Waals surface area contributed by atoms with Gasteiger partial charge in [-0.1, -0.05) is 47.0 Å². The number of carbonyl (C=O) groups excluding carboxylic acids is 2. The lowest BCUT2D eigenvalue weighted by Crippen LogP contribution is -2.23. The Bertz CT molecular complexity index is 908. The minimum absolute atomic E-state index is 0.0161. The van der Waals surface area contributed by atoms with Gasteiger partial charge < -0.3 is 14.6 Å². The molecule has 5 nitrogen and oxygen atoms in total. The van der Waals surface area contributed by atoms with Crippen LogP contribution in [0.25, 0.3) is 0 Å². The van der Waals surface area contributed by atoms with Crippen LogP contribution in [0, 0.1) is 0 Å². The molecule has 29 heavy (non-hydrogen) atoms. The molecule has 1 N–H and O–H groups in total. The van der Waals surface area contributed by atoms with E-state index in [1.165, 1.54) is 7.11 Å². The van der Waals surface area contributed by atoms with Crippen molar-refractivity contribution in [2.45, 2.75) is 44.1 Å². The number of ketones is 2. The van der Waals surface area contributed by atoms with E-state index >= 15 is 0 Å². The number of carbonyl (C=O) groups is 2. The molecule has 0 radical (unpaired) electrons. The maximum Gasteiger partial charge on any atom is 0.228 e. The molecule has 0 aliphatic heterocycles. The number of hydrogen-bond acceptors (Lipinski definition) is 5. The Morgan fingerprint density at radius 1 is 1.10 bits per heavy atom. The van der Waals surface area contributed by atoms with Crippen molar-refractivity contribution in [3.8, 4) is 11.5 Å². The summed E-state index contributed by atoms with van der Waals surface area (Å²) in [4.78, 5) is 25.5. The molecule has 1 aliphatic carbocycles. The lowest BCUT2D eigenvalue weighted by molar-refractivity contribution is -0.114. The first kappa shape index (κ1) is 21.5. The van der Waals surface area contributed by atoms with Crippen LogP contribution < -0.4 is 9.47 Å². The minimum atomic E-state index is -0.540. The molecule has 1 saturated carbocycles. The zero-order valence-electron chi connectivity index (χ0n) is 16.6. The molecule has 0 saturated heterocycles. The zero-order chi connectivity index (χ0) is 21.0. The van der Waals surface area contributed by atoms with E-state index in [9.17, 15) is 14.7 Å². The van der Waals surface area contributed by atoms with Crippen molar-refractivity contribution < 1.29 is 24.2 Å². The van der Waals surface area contributed by atoms with Crippen LogP contribution in [0.1, 0.15) is 53.1 Å². The highest BCUT2D eigenvalue weighted by atomic mass is 79.9. The monoisotopic (exact) mass is 460 g/mol. The average molecular weight is 461 g/mol. The van der Waals surface area contributed by atoms with E-state index in [0.717, 1.165) is 31.2 Å². The Hall–Kier alpha value is -2.18. The van der Waals surface area contributed by atoms with Crippen LogP contribution in [-0.2, 0) is 11.2 Å². The van der Waals surface area contributed by atoms with Gasteiger partial charge in [-0.05, 0) is 30.5 Å². The van der Waals surface area contributed by atoms with Crippen molar-refractivity contribution in [2.75, 3.05) is 14.2 Å². The molecule has 0 aromatic heterocycles. The maximum atomic E-state index is 12.8. The normalized spacial score (nSPS) is 18.9. The van der Waals surface area contributed by atoms with Gasteiger partial charge in [0.2, 0.25) is 11.6 Å². The van der Waals surface area contributed by atoms with E-state index in [-0.39, 0.29) is 12.3 Å². The maximum absolute atomic E-state index is 12.8. The SMILES string of the molecule is COc1cc(Br)c(CC(=O)C(=O)c2cccc([C@@H]3CCCC[C@H]3O)c2)c(OC)c1. The largest absolute Gasteiger partial charge is 0.497 e. The molecule has 154 valence electrons. The van der Waals surface area contributed by atoms with Crippen LogP contribution in [0.2, 0.25) is 0 Å². The van der Waals surface area contributed by atoms with E-state index in [1.54, 1.807) is 37.4 Å². The summed E-state index contributed by atoms with van der Waals surface area (Å²) < 4.78 is 11.2. The molecule has 0 heterocycles. The van der Waals surface area contributed by atoms with Gasteiger partial charge in [-0.15, -0.1) is 0 Å². The molecular formula is C23H25BrO5. The lowest BCUT2D eigenvalue weighted by atomic mass is 9.81. The highest BCUT2D eigenvalue weighted by Gasteiger charge is 2.26. The van der Waals surface area contributed by atoms with Crippen LogP contribution in [0.5, 0.6) is 11.5 Å². The molecule has 6 heteroatoms. The third-order valence-electron chi connectivity index (χ3n) is 5.48. The fraction of sp³-hybridized carbons (Fsp3) is 0.391.